The maximum absolute atomic E-state index is 2.42. The van der Waals surface area contributed by atoms with Crippen molar-refractivity contribution in [2.75, 3.05) is 19.6 Å². The van der Waals surface area contributed by atoms with E-state index in [9.17, 15) is 0 Å². The minimum atomic E-state index is 0.850. The molecule has 394 valence electrons. The number of benzene rings is 10. The van der Waals surface area contributed by atoms with Crippen LogP contribution in [0.2, 0.25) is 0 Å². The van der Waals surface area contributed by atoms with Crippen molar-refractivity contribution in [1.82, 2.24) is 0 Å². The molecule has 4 nitrogen and oxygen atoms in total. The first-order valence-corrected chi connectivity index (χ1v) is 28.2. The van der Waals surface area contributed by atoms with Gasteiger partial charge in [0.05, 0.1) is 0 Å². The molecule has 0 saturated heterocycles. The molecule has 0 atom stereocenters. The van der Waals surface area contributed by atoms with Gasteiger partial charge in [-0.15, -0.1) is 0 Å². The van der Waals surface area contributed by atoms with Gasteiger partial charge in [-0.2, -0.15) is 0 Å². The zero-order chi connectivity index (χ0) is 55.1. The average molecular weight is 1050 g/mol. The predicted octanol–water partition coefficient (Wildman–Crippen LogP) is 21.7. The quantitative estimate of drug-likeness (QED) is 0.101. The Hall–Kier alpha value is -9.90. The molecule has 0 bridgehead atoms. The number of allylic oxidation sites excluding steroid dienone is 9. The van der Waals surface area contributed by atoms with Crippen LogP contribution in [0, 0.1) is 20.8 Å². The summed E-state index contributed by atoms with van der Waals surface area (Å²) < 4.78 is 0. The van der Waals surface area contributed by atoms with Gasteiger partial charge in [0, 0.05) is 68.3 Å². The van der Waals surface area contributed by atoms with Crippen LogP contribution in [-0.2, 0) is 0 Å². The van der Waals surface area contributed by atoms with Gasteiger partial charge in [0.15, 0.2) is 0 Å². The standard InChI is InChI=1S/C77H66N4/c1-56-18-37-69(38-19-56)80(70-39-20-57(2)21-40-70)68-17-11-12-60(26-45-68)61-27-46-73(47-28-61)78(66-13-7-5-8-14-66)74-48-29-62(30-49-74)63-31-50-75(51-32-63)79(67-15-9-6-10-16-67)76-52-33-64(34-53-76)65-35-54-77(55-36-65)81(71-41-22-58(3)23-42-71)72-43-24-59(4)25-44-72/h5-11,13-20,22-39,41-55H,12,21,40H2,1-4H3. The largest absolute Gasteiger partial charge is 0.314 e. The summed E-state index contributed by atoms with van der Waals surface area (Å²) in [6.07, 6.45) is 16.7. The summed E-state index contributed by atoms with van der Waals surface area (Å²) in [5, 5.41) is 0. The van der Waals surface area contributed by atoms with Crippen LogP contribution in [0.3, 0.4) is 0 Å². The molecule has 0 spiro atoms. The molecule has 0 aromatic heterocycles. The maximum Gasteiger partial charge on any atom is 0.0462 e. The number of hydrogen-bond donors (Lipinski definition) is 0. The van der Waals surface area contributed by atoms with Gasteiger partial charge in [-0.1, -0.05) is 174 Å². The Morgan fingerprint density at radius 1 is 0.259 bits per heavy atom. The second kappa shape index (κ2) is 23.6. The zero-order valence-corrected chi connectivity index (χ0v) is 46.6. The number of para-hydroxylation sites is 2. The fourth-order valence-corrected chi connectivity index (χ4v) is 11.0. The van der Waals surface area contributed by atoms with E-state index < -0.39 is 0 Å². The lowest BCUT2D eigenvalue weighted by molar-refractivity contribution is 0.863. The summed E-state index contributed by atoms with van der Waals surface area (Å²) in [6, 6.07) is 92.5. The number of nitrogens with zero attached hydrogens (tertiary/aromatic N) is 4. The van der Waals surface area contributed by atoms with E-state index in [0.29, 0.717) is 0 Å². The van der Waals surface area contributed by atoms with E-state index >= 15 is 0 Å². The second-order valence-electron chi connectivity index (χ2n) is 21.3. The lowest BCUT2D eigenvalue weighted by Gasteiger charge is -2.30. The smallest absolute Gasteiger partial charge is 0.0462 e. The van der Waals surface area contributed by atoms with E-state index in [4.69, 9.17) is 0 Å². The van der Waals surface area contributed by atoms with E-state index in [2.05, 4.69) is 339 Å². The Kier molecular flexibility index (Phi) is 15.1. The number of rotatable bonds is 15. The van der Waals surface area contributed by atoms with Crippen LogP contribution in [0.5, 0.6) is 0 Å². The molecule has 0 fully saturated rings. The lowest BCUT2D eigenvalue weighted by Crippen LogP contribution is -2.22. The van der Waals surface area contributed by atoms with Crippen LogP contribution in [0.25, 0.3) is 27.8 Å². The summed E-state index contributed by atoms with van der Waals surface area (Å²) in [7, 11) is 0. The SMILES string of the molecule is CC1=CC=C(N(C2=CC=C(c3ccc(N(c4ccccc4)c4ccc(-c5ccc(N(c6ccccc6)c6ccc(-c7ccc(N(c8ccc(C)cc8)c8ccc(C)cc8)cc7)cc6)cc5)cc4)cc3)CC=C2)c2ccc(C)cc2)CC1. The first-order chi connectivity index (χ1) is 39.8. The monoisotopic (exact) mass is 1050 g/mol. The minimum Gasteiger partial charge on any atom is -0.314 e. The van der Waals surface area contributed by atoms with Crippen LogP contribution in [0.15, 0.2) is 308 Å². The Morgan fingerprint density at radius 3 is 0.901 bits per heavy atom. The Balaban J connectivity index is 0.773. The fraction of sp³-hybridized carbons (Fsp3) is 0.0909. The number of aryl methyl sites for hydroxylation is 3. The van der Waals surface area contributed by atoms with Crippen molar-refractivity contribution in [2.45, 2.75) is 47.0 Å². The van der Waals surface area contributed by atoms with Crippen LogP contribution in [0.1, 0.15) is 48.4 Å². The molecule has 0 saturated carbocycles. The number of hydrogen-bond acceptors (Lipinski definition) is 4. The summed E-state index contributed by atoms with van der Waals surface area (Å²) >= 11 is 0. The Morgan fingerprint density at radius 2 is 0.568 bits per heavy atom. The molecule has 0 radical (unpaired) electrons. The van der Waals surface area contributed by atoms with Crippen molar-refractivity contribution in [2.24, 2.45) is 0 Å². The van der Waals surface area contributed by atoms with Crippen molar-refractivity contribution in [3.63, 3.8) is 0 Å². The molecule has 81 heavy (non-hydrogen) atoms. The Bertz CT molecular complexity index is 3860. The van der Waals surface area contributed by atoms with Gasteiger partial charge in [-0.3, -0.25) is 0 Å². The van der Waals surface area contributed by atoms with Crippen molar-refractivity contribution in [3.05, 3.63) is 330 Å². The molecule has 4 heteroatoms. The highest BCUT2D eigenvalue weighted by Crippen LogP contribution is 2.41. The zero-order valence-electron chi connectivity index (χ0n) is 46.6. The molecule has 0 heterocycles. The van der Waals surface area contributed by atoms with Gasteiger partial charge in [0.25, 0.3) is 0 Å². The van der Waals surface area contributed by atoms with E-state index in [1.165, 1.54) is 56.0 Å². The van der Waals surface area contributed by atoms with Crippen LogP contribution < -0.4 is 19.6 Å². The van der Waals surface area contributed by atoms with Crippen LogP contribution in [-0.4, -0.2) is 0 Å². The first kappa shape index (κ1) is 51.8. The average Bonchev–Trinajstić information content (AvgIpc) is 3.87. The van der Waals surface area contributed by atoms with Gasteiger partial charge in [0.2, 0.25) is 0 Å². The van der Waals surface area contributed by atoms with E-state index in [-0.39, 0.29) is 0 Å². The molecule has 0 unspecified atom stereocenters. The molecule has 2 aliphatic rings. The molecule has 2 aliphatic carbocycles. The molecule has 0 amide bonds. The van der Waals surface area contributed by atoms with Gasteiger partial charge >= 0.3 is 0 Å². The third kappa shape index (κ3) is 11.6. The fourth-order valence-electron chi connectivity index (χ4n) is 11.0. The van der Waals surface area contributed by atoms with E-state index in [1.54, 1.807) is 0 Å². The highest BCUT2D eigenvalue weighted by Gasteiger charge is 2.20. The highest BCUT2D eigenvalue weighted by atomic mass is 15.2. The van der Waals surface area contributed by atoms with Crippen molar-refractivity contribution in [1.29, 1.82) is 0 Å². The summed E-state index contributed by atoms with van der Waals surface area (Å²) in [5.41, 5.74) is 26.0. The third-order valence-corrected chi connectivity index (χ3v) is 15.5. The van der Waals surface area contributed by atoms with Crippen LogP contribution in [0.4, 0.5) is 56.9 Å². The molecular formula is C77H66N4. The second-order valence-corrected chi connectivity index (χ2v) is 21.3. The van der Waals surface area contributed by atoms with Crippen LogP contribution >= 0.6 is 0 Å². The molecule has 10 aromatic rings. The minimum absolute atomic E-state index is 0.850. The van der Waals surface area contributed by atoms with E-state index in [1.807, 2.05) is 0 Å². The molecule has 12 rings (SSSR count). The molecule has 0 aliphatic heterocycles. The third-order valence-electron chi connectivity index (χ3n) is 15.5. The lowest BCUT2D eigenvalue weighted by atomic mass is 10.0. The first-order valence-electron chi connectivity index (χ1n) is 28.2. The van der Waals surface area contributed by atoms with Gasteiger partial charge in [-0.25, -0.2) is 0 Å². The van der Waals surface area contributed by atoms with Crippen molar-refractivity contribution in [3.8, 4) is 22.3 Å². The highest BCUT2D eigenvalue weighted by molar-refractivity contribution is 5.84. The van der Waals surface area contributed by atoms with Gasteiger partial charge < -0.3 is 19.6 Å². The maximum atomic E-state index is 2.42. The van der Waals surface area contributed by atoms with Gasteiger partial charge in [0.1, 0.15) is 0 Å². The Labute approximate surface area is 479 Å². The van der Waals surface area contributed by atoms with Crippen molar-refractivity contribution < 1.29 is 0 Å². The molecular weight excluding hydrogens is 981 g/mol. The van der Waals surface area contributed by atoms with E-state index in [0.717, 1.165) is 87.1 Å². The number of anilines is 10. The predicted molar refractivity (Wildman–Crippen MR) is 345 cm³/mol. The molecule has 10 aromatic carbocycles. The summed E-state index contributed by atoms with van der Waals surface area (Å²) in [5.74, 6) is 0. The molecule has 0 N–H and O–H groups in total. The van der Waals surface area contributed by atoms with Gasteiger partial charge in [-0.05, 0) is 220 Å². The normalized spacial score (nSPS) is 13.0. The topological polar surface area (TPSA) is 13.0 Å². The summed E-state index contributed by atoms with van der Waals surface area (Å²) in [4.78, 5) is 9.42. The van der Waals surface area contributed by atoms with Crippen molar-refractivity contribution >= 4 is 62.4 Å². The summed E-state index contributed by atoms with van der Waals surface area (Å²) in [6.45, 7) is 8.63.